The number of ether oxygens (including phenoxy) is 1. The Morgan fingerprint density at radius 2 is 1.93 bits per heavy atom. The molecule has 1 rings (SSSR count). The number of rotatable bonds is 5. The Hall–Kier alpha value is -1.22. The van der Waals surface area contributed by atoms with Gasteiger partial charge in [-0.15, -0.1) is 4.91 Å². The van der Waals surface area contributed by atoms with Crippen molar-refractivity contribution in [1.29, 1.82) is 0 Å². The molecule has 0 aliphatic heterocycles. The van der Waals surface area contributed by atoms with Gasteiger partial charge in [-0.1, -0.05) is 44.2 Å². The summed E-state index contributed by atoms with van der Waals surface area (Å²) in [5.41, 5.74) is 1.09. The zero-order valence-corrected chi connectivity index (χ0v) is 9.43. The van der Waals surface area contributed by atoms with Gasteiger partial charge in [0.25, 0.3) is 0 Å². The summed E-state index contributed by atoms with van der Waals surface area (Å²) in [6, 6.07) is 10.1. The maximum atomic E-state index is 10.5. The van der Waals surface area contributed by atoms with Gasteiger partial charge in [-0.2, -0.15) is 0 Å². The third-order valence-corrected chi connectivity index (χ3v) is 2.63. The van der Waals surface area contributed by atoms with Crippen molar-refractivity contribution in [3.63, 3.8) is 0 Å². The predicted molar refractivity (Wildman–Crippen MR) is 60.7 cm³/mol. The molecule has 3 nitrogen and oxygen atoms in total. The lowest BCUT2D eigenvalue weighted by atomic mass is 9.81. The monoisotopic (exact) mass is 207 g/mol. The summed E-state index contributed by atoms with van der Waals surface area (Å²) in [4.78, 5) is 10.5. The van der Waals surface area contributed by atoms with Crippen LogP contribution in [0.5, 0.6) is 0 Å². The second-order valence-electron chi connectivity index (χ2n) is 4.25. The summed E-state index contributed by atoms with van der Waals surface area (Å²) in [5.74, 6) is 0. The van der Waals surface area contributed by atoms with Crippen molar-refractivity contribution in [1.82, 2.24) is 0 Å². The van der Waals surface area contributed by atoms with Gasteiger partial charge in [-0.25, -0.2) is 0 Å². The minimum atomic E-state index is -0.569. The van der Waals surface area contributed by atoms with Crippen molar-refractivity contribution >= 4 is 0 Å². The number of methoxy groups -OCH3 is 1. The van der Waals surface area contributed by atoms with E-state index in [1.165, 1.54) is 12.7 Å². The molecule has 0 heterocycles. The Morgan fingerprint density at radius 1 is 1.33 bits per heavy atom. The Morgan fingerprint density at radius 3 is 2.40 bits per heavy atom. The largest absolute Gasteiger partial charge is 0.356 e. The molecule has 0 aromatic heterocycles. The lowest BCUT2D eigenvalue weighted by molar-refractivity contribution is 0.0838. The lowest BCUT2D eigenvalue weighted by Crippen LogP contribution is -2.24. The SMILES string of the molecule is COC(CC(C)(C)c1ccccc1)N=O. The van der Waals surface area contributed by atoms with Crippen LogP contribution in [0, 0.1) is 4.91 Å². The van der Waals surface area contributed by atoms with Crippen molar-refractivity contribution in [2.45, 2.75) is 31.9 Å². The zero-order chi connectivity index (χ0) is 11.3. The van der Waals surface area contributed by atoms with Crippen LogP contribution in [0.25, 0.3) is 0 Å². The van der Waals surface area contributed by atoms with E-state index in [0.29, 0.717) is 6.42 Å². The van der Waals surface area contributed by atoms with Crippen molar-refractivity contribution < 1.29 is 4.74 Å². The standard InChI is InChI=1S/C12H17NO2/c1-12(2,9-11(13-14)15-3)10-7-5-4-6-8-10/h4-8,11H,9H2,1-3H3. The van der Waals surface area contributed by atoms with Gasteiger partial charge in [0.2, 0.25) is 0 Å². The van der Waals surface area contributed by atoms with Crippen LogP contribution in [0.3, 0.4) is 0 Å². The quantitative estimate of drug-likeness (QED) is 0.696. The molecule has 1 aromatic rings. The number of nitroso groups, excluding NO2 is 1. The van der Waals surface area contributed by atoms with Crippen molar-refractivity contribution in [2.24, 2.45) is 5.18 Å². The van der Waals surface area contributed by atoms with E-state index in [-0.39, 0.29) is 5.41 Å². The third kappa shape index (κ3) is 3.13. The summed E-state index contributed by atoms with van der Waals surface area (Å²) >= 11 is 0. The van der Waals surface area contributed by atoms with Crippen LogP contribution in [0.2, 0.25) is 0 Å². The van der Waals surface area contributed by atoms with Gasteiger partial charge in [0.05, 0.1) is 0 Å². The van der Waals surface area contributed by atoms with Gasteiger partial charge in [0.15, 0.2) is 6.23 Å². The maximum absolute atomic E-state index is 10.5. The van der Waals surface area contributed by atoms with Crippen LogP contribution in [0.1, 0.15) is 25.8 Å². The van der Waals surface area contributed by atoms with Gasteiger partial charge in [0, 0.05) is 13.5 Å². The van der Waals surface area contributed by atoms with Crippen molar-refractivity contribution in [3.8, 4) is 0 Å². The molecule has 1 unspecified atom stereocenters. The van der Waals surface area contributed by atoms with Gasteiger partial charge in [-0.3, -0.25) is 0 Å². The van der Waals surface area contributed by atoms with E-state index in [1.807, 2.05) is 18.2 Å². The molecule has 0 aliphatic carbocycles. The summed E-state index contributed by atoms with van der Waals surface area (Å²) in [5, 5.41) is 2.94. The van der Waals surface area contributed by atoms with Crippen molar-refractivity contribution in [3.05, 3.63) is 40.8 Å². The molecule has 0 radical (unpaired) electrons. The normalized spacial score (nSPS) is 13.5. The van der Waals surface area contributed by atoms with Gasteiger partial charge in [-0.05, 0) is 16.2 Å². The molecule has 1 aromatic carbocycles. The van der Waals surface area contributed by atoms with E-state index in [1.54, 1.807) is 0 Å². The van der Waals surface area contributed by atoms with E-state index >= 15 is 0 Å². The van der Waals surface area contributed by atoms with Gasteiger partial charge < -0.3 is 4.74 Å². The highest BCUT2D eigenvalue weighted by Crippen LogP contribution is 2.29. The fourth-order valence-corrected chi connectivity index (χ4v) is 1.61. The fourth-order valence-electron chi connectivity index (χ4n) is 1.61. The predicted octanol–water partition coefficient (Wildman–Crippen LogP) is 3.09. The molecule has 0 aliphatic rings. The number of hydrogen-bond donors (Lipinski definition) is 0. The molecule has 0 bridgehead atoms. The third-order valence-electron chi connectivity index (χ3n) is 2.63. The molecule has 0 spiro atoms. The minimum absolute atomic E-state index is 0.101. The first-order valence-electron chi connectivity index (χ1n) is 5.01. The molecule has 1 atom stereocenters. The van der Waals surface area contributed by atoms with E-state index in [9.17, 15) is 4.91 Å². The first-order valence-corrected chi connectivity index (χ1v) is 5.01. The lowest BCUT2D eigenvalue weighted by Gasteiger charge is -2.26. The molecule has 0 saturated carbocycles. The summed E-state index contributed by atoms with van der Waals surface area (Å²) in [7, 11) is 1.51. The van der Waals surface area contributed by atoms with Gasteiger partial charge >= 0.3 is 0 Å². The molecular weight excluding hydrogens is 190 g/mol. The molecule has 0 fully saturated rings. The number of hydrogen-bond acceptors (Lipinski definition) is 3. The molecule has 3 heteroatoms. The van der Waals surface area contributed by atoms with Gasteiger partial charge in [0.1, 0.15) is 0 Å². The summed E-state index contributed by atoms with van der Waals surface area (Å²) < 4.78 is 4.98. The number of benzene rings is 1. The van der Waals surface area contributed by atoms with E-state index in [4.69, 9.17) is 4.74 Å². The second-order valence-corrected chi connectivity index (χ2v) is 4.25. The van der Waals surface area contributed by atoms with E-state index in [0.717, 1.165) is 0 Å². The highest BCUT2D eigenvalue weighted by molar-refractivity contribution is 5.23. The molecule has 0 N–H and O–H groups in total. The van der Waals surface area contributed by atoms with Crippen LogP contribution in [0.15, 0.2) is 35.5 Å². The van der Waals surface area contributed by atoms with Crippen LogP contribution in [0.4, 0.5) is 0 Å². The van der Waals surface area contributed by atoms with Crippen molar-refractivity contribution in [2.75, 3.05) is 7.11 Å². The molecular formula is C12H17NO2. The van der Waals surface area contributed by atoms with Crippen LogP contribution in [-0.4, -0.2) is 13.3 Å². The Bertz CT molecular complexity index is 309. The molecule has 0 saturated heterocycles. The Balaban J connectivity index is 2.79. The fraction of sp³-hybridized carbons (Fsp3) is 0.500. The smallest absolute Gasteiger partial charge is 0.189 e. The maximum Gasteiger partial charge on any atom is 0.189 e. The number of nitrogens with zero attached hydrogens (tertiary/aromatic N) is 1. The summed E-state index contributed by atoms with van der Waals surface area (Å²) in [6.07, 6.45) is 0.0250. The average molecular weight is 207 g/mol. The van der Waals surface area contributed by atoms with E-state index < -0.39 is 6.23 Å². The first-order chi connectivity index (χ1) is 7.10. The molecule has 0 amide bonds. The molecule has 15 heavy (non-hydrogen) atoms. The first kappa shape index (κ1) is 11.9. The Kier molecular flexibility index (Phi) is 3.97. The second kappa shape index (κ2) is 5.03. The van der Waals surface area contributed by atoms with E-state index in [2.05, 4.69) is 31.2 Å². The summed E-state index contributed by atoms with van der Waals surface area (Å²) in [6.45, 7) is 4.17. The molecule has 82 valence electrons. The highest BCUT2D eigenvalue weighted by Gasteiger charge is 2.25. The van der Waals surface area contributed by atoms with Crippen LogP contribution < -0.4 is 0 Å². The Labute approximate surface area is 90.4 Å². The van der Waals surface area contributed by atoms with Crippen LogP contribution >= 0.6 is 0 Å². The highest BCUT2D eigenvalue weighted by atomic mass is 16.5. The topological polar surface area (TPSA) is 38.7 Å². The van der Waals surface area contributed by atoms with Crippen LogP contribution in [-0.2, 0) is 10.2 Å². The minimum Gasteiger partial charge on any atom is -0.356 e. The average Bonchev–Trinajstić information content (AvgIpc) is 2.27. The zero-order valence-electron chi connectivity index (χ0n) is 9.43.